The van der Waals surface area contributed by atoms with Crippen molar-refractivity contribution in [2.75, 3.05) is 12.4 Å². The predicted molar refractivity (Wildman–Crippen MR) is 138 cm³/mol. The van der Waals surface area contributed by atoms with Gasteiger partial charge in [-0.2, -0.15) is 5.10 Å². The molecule has 3 aromatic heterocycles. The lowest BCUT2D eigenvalue weighted by Gasteiger charge is -2.33. The van der Waals surface area contributed by atoms with Gasteiger partial charge in [0.15, 0.2) is 0 Å². The van der Waals surface area contributed by atoms with E-state index in [1.165, 1.54) is 0 Å². The molecule has 2 unspecified atom stereocenters. The van der Waals surface area contributed by atoms with Crippen molar-refractivity contribution in [3.05, 3.63) is 89.9 Å². The van der Waals surface area contributed by atoms with E-state index in [1.54, 1.807) is 17.8 Å². The van der Waals surface area contributed by atoms with E-state index >= 15 is 0 Å². The fourth-order valence-electron chi connectivity index (χ4n) is 4.74. The summed E-state index contributed by atoms with van der Waals surface area (Å²) in [4.78, 5) is 18.1. The van der Waals surface area contributed by atoms with Gasteiger partial charge in [0.05, 0.1) is 35.0 Å². The highest BCUT2D eigenvalue weighted by Gasteiger charge is 2.41. The molecule has 4 aromatic rings. The molecule has 0 bridgehead atoms. The van der Waals surface area contributed by atoms with Crippen LogP contribution in [0.4, 0.5) is 6.01 Å². The Morgan fingerprint density at radius 1 is 1.24 bits per heavy atom. The van der Waals surface area contributed by atoms with Crippen LogP contribution in [0.1, 0.15) is 24.5 Å². The molecule has 6 rings (SSSR count). The molecule has 2 N–H and O–H groups in total. The van der Waals surface area contributed by atoms with Crippen molar-refractivity contribution in [3.8, 4) is 11.5 Å². The SMILES string of the molecule is COCc1ccn2ncc(-c3nnc(NC4N=C(c5ccccc5)C5(C)CC=CC=C5NC4=O)o3)c2c1. The summed E-state index contributed by atoms with van der Waals surface area (Å²) in [5, 5.41) is 18.8. The van der Waals surface area contributed by atoms with Gasteiger partial charge in [-0.25, -0.2) is 4.52 Å². The number of anilines is 1. The molecule has 10 heteroatoms. The van der Waals surface area contributed by atoms with Crippen molar-refractivity contribution in [1.29, 1.82) is 0 Å². The largest absolute Gasteiger partial charge is 0.403 e. The molecule has 186 valence electrons. The molecular weight excluding hydrogens is 470 g/mol. The maximum atomic E-state index is 13.2. The van der Waals surface area contributed by atoms with E-state index < -0.39 is 11.6 Å². The topological polar surface area (TPSA) is 119 Å². The summed E-state index contributed by atoms with van der Waals surface area (Å²) in [6.07, 6.45) is 9.22. The average Bonchev–Trinajstić information content (AvgIpc) is 3.52. The normalized spacial score (nSPS) is 21.1. The van der Waals surface area contributed by atoms with Crippen molar-refractivity contribution in [3.63, 3.8) is 0 Å². The molecule has 0 radical (unpaired) electrons. The predicted octanol–water partition coefficient (Wildman–Crippen LogP) is 3.74. The number of carbonyl (C=O) groups is 1. The first-order chi connectivity index (χ1) is 18.0. The van der Waals surface area contributed by atoms with Crippen LogP contribution in [0.5, 0.6) is 0 Å². The molecule has 4 heterocycles. The van der Waals surface area contributed by atoms with E-state index in [0.717, 1.165) is 28.1 Å². The van der Waals surface area contributed by atoms with E-state index in [1.807, 2.05) is 60.8 Å². The highest BCUT2D eigenvalue weighted by Crippen LogP contribution is 2.39. The van der Waals surface area contributed by atoms with Crippen molar-refractivity contribution in [2.45, 2.75) is 26.1 Å². The zero-order chi connectivity index (χ0) is 25.4. The second kappa shape index (κ2) is 9.14. The van der Waals surface area contributed by atoms with E-state index in [4.69, 9.17) is 14.1 Å². The summed E-state index contributed by atoms with van der Waals surface area (Å²) in [7, 11) is 1.65. The Labute approximate surface area is 212 Å². The Bertz CT molecular complexity index is 1570. The Morgan fingerprint density at radius 2 is 2.11 bits per heavy atom. The molecule has 2 aliphatic rings. The third-order valence-corrected chi connectivity index (χ3v) is 6.67. The minimum atomic E-state index is -0.968. The number of fused-ring (bicyclic) bond motifs is 2. The summed E-state index contributed by atoms with van der Waals surface area (Å²) in [5.41, 5.74) is 4.53. The Morgan fingerprint density at radius 3 is 2.95 bits per heavy atom. The van der Waals surface area contributed by atoms with Crippen molar-refractivity contribution < 1.29 is 13.9 Å². The summed E-state index contributed by atoms with van der Waals surface area (Å²) in [5.74, 6) is -0.0282. The molecule has 37 heavy (non-hydrogen) atoms. The number of pyridine rings is 1. The number of hydrogen-bond donors (Lipinski definition) is 2. The van der Waals surface area contributed by atoms with Crippen LogP contribution in [-0.4, -0.2) is 44.7 Å². The third-order valence-electron chi connectivity index (χ3n) is 6.67. The van der Waals surface area contributed by atoms with Crippen LogP contribution >= 0.6 is 0 Å². The molecule has 0 spiro atoms. The zero-order valence-corrected chi connectivity index (χ0v) is 20.4. The molecular formula is C27H25N7O3. The summed E-state index contributed by atoms with van der Waals surface area (Å²) < 4.78 is 12.9. The van der Waals surface area contributed by atoms with Gasteiger partial charge in [0.2, 0.25) is 6.17 Å². The van der Waals surface area contributed by atoms with Crippen LogP contribution in [-0.2, 0) is 16.1 Å². The number of nitrogens with zero attached hydrogens (tertiary/aromatic N) is 5. The first kappa shape index (κ1) is 22.9. The highest BCUT2D eigenvalue weighted by molar-refractivity contribution is 6.09. The number of methoxy groups -OCH3 is 1. The quantitative estimate of drug-likeness (QED) is 0.418. The summed E-state index contributed by atoms with van der Waals surface area (Å²) in [6.45, 7) is 2.56. The number of allylic oxidation sites excluding steroid dienone is 4. The number of ether oxygens (including phenoxy) is 1. The average molecular weight is 496 g/mol. The number of benzene rings is 1. The van der Waals surface area contributed by atoms with Crippen LogP contribution in [0.3, 0.4) is 0 Å². The van der Waals surface area contributed by atoms with Crippen molar-refractivity contribution in [2.24, 2.45) is 10.4 Å². The first-order valence-electron chi connectivity index (χ1n) is 11.9. The second-order valence-electron chi connectivity index (χ2n) is 9.19. The lowest BCUT2D eigenvalue weighted by molar-refractivity contribution is -0.121. The van der Waals surface area contributed by atoms with Crippen LogP contribution in [0, 0.1) is 5.41 Å². The molecule has 1 aliphatic carbocycles. The highest BCUT2D eigenvalue weighted by atomic mass is 16.5. The number of aromatic nitrogens is 4. The molecule has 1 aliphatic heterocycles. The van der Waals surface area contributed by atoms with Gasteiger partial charge in [-0.3, -0.25) is 9.79 Å². The standard InChI is InChI=1S/C27H25N7O3/c1-27-12-7-6-10-21(27)29-24(35)23(30-22(27)18-8-4-3-5-9-18)31-26-33-32-25(37-26)19-15-28-34-13-11-17(16-36-2)14-20(19)34/h3-11,13-15,23H,12,16H2,1-2H3,(H,29,35)(H,31,33). The van der Waals surface area contributed by atoms with Crippen LogP contribution in [0.2, 0.25) is 0 Å². The van der Waals surface area contributed by atoms with Gasteiger partial charge in [-0.1, -0.05) is 47.6 Å². The van der Waals surface area contributed by atoms with E-state index in [2.05, 4.69) is 38.9 Å². The molecule has 10 nitrogen and oxygen atoms in total. The van der Waals surface area contributed by atoms with Crippen molar-refractivity contribution >= 4 is 23.2 Å². The number of aliphatic imine (C=N–C) groups is 1. The fourth-order valence-corrected chi connectivity index (χ4v) is 4.74. The van der Waals surface area contributed by atoms with E-state index in [0.29, 0.717) is 18.6 Å². The molecule has 1 aromatic carbocycles. The van der Waals surface area contributed by atoms with Gasteiger partial charge in [0.25, 0.3) is 11.8 Å². The number of nitrogens with one attached hydrogen (secondary N) is 2. The maximum Gasteiger partial charge on any atom is 0.317 e. The lowest BCUT2D eigenvalue weighted by atomic mass is 9.74. The van der Waals surface area contributed by atoms with Gasteiger partial charge in [-0.05, 0) is 42.7 Å². The number of rotatable bonds is 6. The number of hydrogen-bond acceptors (Lipinski definition) is 8. The first-order valence-corrected chi connectivity index (χ1v) is 11.9. The maximum absolute atomic E-state index is 13.2. The van der Waals surface area contributed by atoms with Gasteiger partial charge >= 0.3 is 6.01 Å². The van der Waals surface area contributed by atoms with Crippen molar-refractivity contribution in [1.82, 2.24) is 25.1 Å². The fraction of sp³-hybridized carbons (Fsp3) is 0.222. The number of carbonyl (C=O) groups excluding carboxylic acids is 1. The Hall–Kier alpha value is -4.57. The smallest absolute Gasteiger partial charge is 0.317 e. The molecule has 0 saturated carbocycles. The molecule has 0 fully saturated rings. The van der Waals surface area contributed by atoms with Gasteiger partial charge in [-0.15, -0.1) is 5.10 Å². The van der Waals surface area contributed by atoms with Gasteiger partial charge in [0, 0.05) is 19.0 Å². The Balaban J connectivity index is 1.34. The molecule has 1 amide bonds. The summed E-state index contributed by atoms with van der Waals surface area (Å²) >= 11 is 0. The van der Waals surface area contributed by atoms with Crippen LogP contribution < -0.4 is 10.6 Å². The van der Waals surface area contributed by atoms with E-state index in [9.17, 15) is 4.79 Å². The summed E-state index contributed by atoms with van der Waals surface area (Å²) in [6, 6.07) is 13.9. The van der Waals surface area contributed by atoms with Gasteiger partial charge in [0.1, 0.15) is 0 Å². The monoisotopic (exact) mass is 495 g/mol. The zero-order valence-electron chi connectivity index (χ0n) is 20.4. The minimum Gasteiger partial charge on any atom is -0.403 e. The second-order valence-corrected chi connectivity index (χ2v) is 9.19. The Kier molecular flexibility index (Phi) is 5.65. The van der Waals surface area contributed by atoms with Crippen LogP contribution in [0.25, 0.3) is 17.0 Å². The molecule has 2 atom stereocenters. The van der Waals surface area contributed by atoms with Gasteiger partial charge < -0.3 is 19.8 Å². The lowest BCUT2D eigenvalue weighted by Crippen LogP contribution is -2.40. The van der Waals surface area contributed by atoms with E-state index in [-0.39, 0.29) is 17.8 Å². The van der Waals surface area contributed by atoms with Crippen LogP contribution in [0.15, 0.2) is 88.2 Å². The molecule has 0 saturated heterocycles. The third kappa shape index (κ3) is 4.11. The number of amides is 1. The minimum absolute atomic E-state index is 0.0841.